The molecule has 1 N–H and O–H groups in total. The van der Waals surface area contributed by atoms with Crippen LogP contribution in [0.3, 0.4) is 0 Å². The summed E-state index contributed by atoms with van der Waals surface area (Å²) in [5.41, 5.74) is 1.03. The van der Waals surface area contributed by atoms with E-state index in [0.29, 0.717) is 40.6 Å². The number of nitrogens with one attached hydrogen (secondary N) is 1. The molecule has 1 aromatic rings. The molecule has 3 heterocycles. The Bertz CT molecular complexity index is 735. The first-order chi connectivity index (χ1) is 12.3. The molecule has 5 nitrogen and oxygen atoms in total. The Hall–Kier alpha value is -1.46. The maximum absolute atomic E-state index is 13.0. The van der Waals surface area contributed by atoms with E-state index in [4.69, 9.17) is 21.1 Å². The molecule has 3 aliphatic heterocycles. The molecule has 1 aromatic carbocycles. The third kappa shape index (κ3) is 2.95. The van der Waals surface area contributed by atoms with E-state index in [0.717, 1.165) is 18.4 Å². The largest absolute Gasteiger partial charge is 0.495 e. The molecule has 2 atom stereocenters. The number of carbonyl (C=O) groups is 1. The van der Waals surface area contributed by atoms with Gasteiger partial charge >= 0.3 is 0 Å². The summed E-state index contributed by atoms with van der Waals surface area (Å²) in [5.74, 6) is 1.13. The number of methoxy groups -OCH3 is 1. The van der Waals surface area contributed by atoms with Crippen LogP contribution >= 0.6 is 11.6 Å². The normalized spacial score (nSPS) is 29.2. The minimum Gasteiger partial charge on any atom is -0.495 e. The van der Waals surface area contributed by atoms with Crippen molar-refractivity contribution in [3.63, 3.8) is 0 Å². The zero-order chi connectivity index (χ0) is 18.6. The fraction of sp³-hybridized carbons (Fsp3) is 0.650. The lowest BCUT2D eigenvalue weighted by Gasteiger charge is -2.36. The lowest BCUT2D eigenvalue weighted by Crippen LogP contribution is -2.48. The minimum atomic E-state index is -0.373. The summed E-state index contributed by atoms with van der Waals surface area (Å²) < 4.78 is 11.6. The van der Waals surface area contributed by atoms with Crippen molar-refractivity contribution in [2.45, 2.75) is 69.7 Å². The highest BCUT2D eigenvalue weighted by Gasteiger charge is 2.40. The lowest BCUT2D eigenvalue weighted by atomic mass is 9.96. The number of halogens is 1. The SMILES string of the molecule is COc1c(Cl)cc(C(=O)NC2CC3CCC(C2)N3C)c2c1CC(C)(C)O2. The number of piperidine rings is 1. The highest BCUT2D eigenvalue weighted by molar-refractivity contribution is 6.32. The fourth-order valence-corrected chi connectivity index (χ4v) is 5.17. The van der Waals surface area contributed by atoms with Crippen molar-refractivity contribution in [3.05, 3.63) is 22.2 Å². The van der Waals surface area contributed by atoms with E-state index < -0.39 is 0 Å². The Morgan fingerprint density at radius 1 is 1.35 bits per heavy atom. The van der Waals surface area contributed by atoms with Crippen LogP contribution in [-0.4, -0.2) is 48.7 Å². The van der Waals surface area contributed by atoms with Gasteiger partial charge in [0.25, 0.3) is 5.91 Å². The number of benzene rings is 1. The van der Waals surface area contributed by atoms with Crippen molar-refractivity contribution in [2.24, 2.45) is 0 Å². The molecule has 1 amide bonds. The van der Waals surface area contributed by atoms with Crippen molar-refractivity contribution in [1.82, 2.24) is 10.2 Å². The molecule has 2 bridgehead atoms. The molecular weight excluding hydrogens is 352 g/mol. The first-order valence-electron chi connectivity index (χ1n) is 9.40. The molecule has 2 fully saturated rings. The third-order valence-corrected chi connectivity index (χ3v) is 6.42. The average molecular weight is 379 g/mol. The summed E-state index contributed by atoms with van der Waals surface area (Å²) in [5, 5.41) is 3.69. The first kappa shape index (κ1) is 17.9. The Kier molecular flexibility index (Phi) is 4.35. The molecule has 142 valence electrons. The van der Waals surface area contributed by atoms with Crippen molar-refractivity contribution >= 4 is 17.5 Å². The molecule has 4 rings (SSSR count). The van der Waals surface area contributed by atoms with Crippen LogP contribution in [0.1, 0.15) is 55.5 Å². The van der Waals surface area contributed by atoms with Crippen molar-refractivity contribution in [1.29, 1.82) is 0 Å². The van der Waals surface area contributed by atoms with Crippen LogP contribution in [0.2, 0.25) is 5.02 Å². The summed E-state index contributed by atoms with van der Waals surface area (Å²) in [6, 6.07) is 3.06. The van der Waals surface area contributed by atoms with Crippen LogP contribution in [-0.2, 0) is 6.42 Å². The predicted octanol–water partition coefficient (Wildman–Crippen LogP) is 3.42. The van der Waals surface area contributed by atoms with Gasteiger partial charge in [-0.1, -0.05) is 11.6 Å². The van der Waals surface area contributed by atoms with Gasteiger partial charge < -0.3 is 19.7 Å². The van der Waals surface area contributed by atoms with Gasteiger partial charge in [0.15, 0.2) is 0 Å². The topological polar surface area (TPSA) is 50.8 Å². The molecule has 0 radical (unpaired) electrons. The second-order valence-corrected chi connectivity index (χ2v) is 8.88. The fourth-order valence-electron chi connectivity index (χ4n) is 4.86. The quantitative estimate of drug-likeness (QED) is 0.875. The smallest absolute Gasteiger partial charge is 0.255 e. The van der Waals surface area contributed by atoms with Gasteiger partial charge in [-0.3, -0.25) is 4.79 Å². The summed E-state index contributed by atoms with van der Waals surface area (Å²) in [6.45, 7) is 4.02. The van der Waals surface area contributed by atoms with E-state index >= 15 is 0 Å². The second kappa shape index (κ2) is 6.31. The van der Waals surface area contributed by atoms with E-state index in [2.05, 4.69) is 17.3 Å². The van der Waals surface area contributed by atoms with E-state index in [1.165, 1.54) is 12.8 Å². The van der Waals surface area contributed by atoms with Crippen LogP contribution in [0.25, 0.3) is 0 Å². The summed E-state index contributed by atoms with van der Waals surface area (Å²) in [7, 11) is 3.80. The second-order valence-electron chi connectivity index (χ2n) is 8.48. The van der Waals surface area contributed by atoms with Gasteiger partial charge in [-0.05, 0) is 52.6 Å². The first-order valence-corrected chi connectivity index (χ1v) is 9.78. The zero-order valence-corrected chi connectivity index (χ0v) is 16.7. The lowest BCUT2D eigenvalue weighted by molar-refractivity contribution is 0.0870. The number of fused-ring (bicyclic) bond motifs is 3. The van der Waals surface area contributed by atoms with Crippen LogP contribution in [0.15, 0.2) is 6.07 Å². The molecule has 2 saturated heterocycles. The van der Waals surface area contributed by atoms with Crippen molar-refractivity contribution in [2.75, 3.05) is 14.2 Å². The van der Waals surface area contributed by atoms with Crippen LogP contribution in [0.5, 0.6) is 11.5 Å². The third-order valence-electron chi connectivity index (χ3n) is 6.14. The molecule has 26 heavy (non-hydrogen) atoms. The van der Waals surface area contributed by atoms with Crippen LogP contribution in [0.4, 0.5) is 0 Å². The highest BCUT2D eigenvalue weighted by Crippen LogP contribution is 2.46. The number of rotatable bonds is 3. The standard InChI is InChI=1S/C20H27ClN2O3/c1-20(2)10-15-17(26-20)14(9-16(21)18(15)25-4)19(24)22-11-7-12-5-6-13(8-11)23(12)3/h9,11-13H,5-8,10H2,1-4H3,(H,22,24). The van der Waals surface area contributed by atoms with Gasteiger partial charge in [0.2, 0.25) is 0 Å². The zero-order valence-electron chi connectivity index (χ0n) is 15.9. The summed E-state index contributed by atoms with van der Waals surface area (Å²) in [4.78, 5) is 15.5. The number of nitrogens with zero attached hydrogens (tertiary/aromatic N) is 1. The van der Waals surface area contributed by atoms with Crippen molar-refractivity contribution < 1.29 is 14.3 Å². The van der Waals surface area contributed by atoms with Gasteiger partial charge in [-0.2, -0.15) is 0 Å². The summed E-state index contributed by atoms with van der Waals surface area (Å²) >= 11 is 6.40. The highest BCUT2D eigenvalue weighted by atomic mass is 35.5. The number of carbonyl (C=O) groups excluding carboxylic acids is 1. The minimum absolute atomic E-state index is 0.0996. The molecule has 0 spiro atoms. The monoisotopic (exact) mass is 378 g/mol. The van der Waals surface area contributed by atoms with E-state index in [9.17, 15) is 4.79 Å². The molecule has 6 heteroatoms. The molecule has 0 aromatic heterocycles. The van der Waals surface area contributed by atoms with Crippen molar-refractivity contribution in [3.8, 4) is 11.5 Å². The van der Waals surface area contributed by atoms with Crippen LogP contribution in [0, 0.1) is 0 Å². The van der Waals surface area contributed by atoms with Gasteiger partial charge in [0.1, 0.15) is 17.1 Å². The van der Waals surface area contributed by atoms with E-state index in [1.807, 2.05) is 13.8 Å². The number of ether oxygens (including phenoxy) is 2. The average Bonchev–Trinajstić information content (AvgIpc) is 2.97. The maximum atomic E-state index is 13.0. The van der Waals surface area contributed by atoms with E-state index in [-0.39, 0.29) is 17.6 Å². The molecule has 0 saturated carbocycles. The Balaban J connectivity index is 1.59. The van der Waals surface area contributed by atoms with Gasteiger partial charge in [0, 0.05) is 30.1 Å². The van der Waals surface area contributed by atoms with Gasteiger partial charge in [-0.15, -0.1) is 0 Å². The van der Waals surface area contributed by atoms with Gasteiger partial charge in [-0.25, -0.2) is 0 Å². The maximum Gasteiger partial charge on any atom is 0.255 e. The Morgan fingerprint density at radius 3 is 2.62 bits per heavy atom. The summed E-state index contributed by atoms with van der Waals surface area (Å²) in [6.07, 6.45) is 5.16. The van der Waals surface area contributed by atoms with Gasteiger partial charge in [0.05, 0.1) is 17.7 Å². The molecular formula is C20H27ClN2O3. The molecule has 2 unspecified atom stereocenters. The van der Waals surface area contributed by atoms with E-state index in [1.54, 1.807) is 13.2 Å². The molecule has 0 aliphatic carbocycles. The molecule has 3 aliphatic rings. The number of amides is 1. The number of hydrogen-bond donors (Lipinski definition) is 1. The number of hydrogen-bond acceptors (Lipinski definition) is 4. The Morgan fingerprint density at radius 2 is 2.00 bits per heavy atom. The Labute approximate surface area is 160 Å². The predicted molar refractivity (Wildman–Crippen MR) is 101 cm³/mol. The van der Waals surface area contributed by atoms with Crippen LogP contribution < -0.4 is 14.8 Å².